The number of cyclic esters (lactones) is 1. The molecule has 80 valence electrons. The van der Waals surface area contributed by atoms with Crippen LogP contribution in [-0.2, 0) is 4.74 Å². The van der Waals surface area contributed by atoms with Gasteiger partial charge in [-0.1, -0.05) is 12.1 Å². The van der Waals surface area contributed by atoms with Gasteiger partial charge in [-0.2, -0.15) is 0 Å². The summed E-state index contributed by atoms with van der Waals surface area (Å²) in [5.74, 6) is 0.0213. The van der Waals surface area contributed by atoms with Crippen LogP contribution in [0, 0.1) is 0 Å². The van der Waals surface area contributed by atoms with Crippen molar-refractivity contribution >= 4 is 11.8 Å². The second kappa shape index (κ2) is 3.78. The number of hydrogen-bond donors (Lipinski definition) is 2. The van der Waals surface area contributed by atoms with E-state index in [1.54, 1.807) is 18.2 Å². The summed E-state index contributed by atoms with van der Waals surface area (Å²) in [6, 6.07) is 6.50. The van der Waals surface area contributed by atoms with Gasteiger partial charge in [0.05, 0.1) is 18.8 Å². The zero-order chi connectivity index (χ0) is 10.8. The summed E-state index contributed by atoms with van der Waals surface area (Å²) in [5, 5.41) is 18.4. The van der Waals surface area contributed by atoms with Gasteiger partial charge in [0.25, 0.3) is 0 Å². The van der Waals surface area contributed by atoms with Crippen molar-refractivity contribution < 1.29 is 19.7 Å². The van der Waals surface area contributed by atoms with Crippen molar-refractivity contribution in [3.05, 3.63) is 24.3 Å². The first kappa shape index (κ1) is 9.79. The van der Waals surface area contributed by atoms with Crippen molar-refractivity contribution in [3.8, 4) is 5.75 Å². The zero-order valence-corrected chi connectivity index (χ0v) is 7.96. The first-order valence-corrected chi connectivity index (χ1v) is 4.59. The molecule has 2 rings (SSSR count). The van der Waals surface area contributed by atoms with Crippen LogP contribution in [0.25, 0.3) is 0 Å². The summed E-state index contributed by atoms with van der Waals surface area (Å²) in [4.78, 5) is 12.7. The summed E-state index contributed by atoms with van der Waals surface area (Å²) in [6.07, 6.45) is -1.06. The Kier molecular flexibility index (Phi) is 2.47. The predicted molar refractivity (Wildman–Crippen MR) is 52.8 cm³/mol. The van der Waals surface area contributed by atoms with Crippen LogP contribution in [-0.4, -0.2) is 35.6 Å². The number of phenolic OH excluding ortho intramolecular Hbond substituents is 1. The Morgan fingerprint density at radius 1 is 1.47 bits per heavy atom. The summed E-state index contributed by atoms with van der Waals surface area (Å²) in [7, 11) is 0. The molecule has 1 aliphatic rings. The second-order valence-corrected chi connectivity index (χ2v) is 3.29. The van der Waals surface area contributed by atoms with Crippen molar-refractivity contribution in [2.75, 3.05) is 18.1 Å². The molecule has 0 bridgehead atoms. The summed E-state index contributed by atoms with van der Waals surface area (Å²) in [5.41, 5.74) is 0.401. The van der Waals surface area contributed by atoms with Crippen LogP contribution in [0.2, 0.25) is 0 Å². The monoisotopic (exact) mass is 209 g/mol. The minimum absolute atomic E-state index is 0.0213. The lowest BCUT2D eigenvalue weighted by Crippen LogP contribution is -2.25. The minimum atomic E-state index is -0.546. The normalized spacial score (nSPS) is 20.5. The SMILES string of the molecule is O=C1O[C@@H](CO)CN1c1ccccc1O. The molecule has 0 aromatic heterocycles. The van der Waals surface area contributed by atoms with Crippen molar-refractivity contribution in [2.24, 2.45) is 0 Å². The number of aliphatic hydroxyl groups excluding tert-OH is 1. The third kappa shape index (κ3) is 1.73. The van der Waals surface area contributed by atoms with E-state index in [-0.39, 0.29) is 18.9 Å². The Labute approximate surface area is 86.5 Å². The van der Waals surface area contributed by atoms with Gasteiger partial charge >= 0.3 is 6.09 Å². The van der Waals surface area contributed by atoms with Crippen LogP contribution < -0.4 is 4.90 Å². The molecular formula is C10H11NO4. The van der Waals surface area contributed by atoms with E-state index in [9.17, 15) is 9.90 Å². The lowest BCUT2D eigenvalue weighted by molar-refractivity contribution is 0.0963. The Morgan fingerprint density at radius 3 is 2.80 bits per heavy atom. The second-order valence-electron chi connectivity index (χ2n) is 3.29. The smallest absolute Gasteiger partial charge is 0.414 e. The molecule has 1 amide bonds. The number of anilines is 1. The fourth-order valence-electron chi connectivity index (χ4n) is 1.51. The van der Waals surface area contributed by atoms with E-state index in [4.69, 9.17) is 9.84 Å². The van der Waals surface area contributed by atoms with Gasteiger partial charge in [-0.25, -0.2) is 4.79 Å². The highest BCUT2D eigenvalue weighted by atomic mass is 16.6. The quantitative estimate of drug-likeness (QED) is 0.752. The van der Waals surface area contributed by atoms with E-state index in [1.165, 1.54) is 11.0 Å². The molecule has 1 aromatic rings. The van der Waals surface area contributed by atoms with E-state index in [0.29, 0.717) is 5.69 Å². The average molecular weight is 209 g/mol. The Bertz CT molecular complexity index is 379. The Balaban J connectivity index is 2.25. The van der Waals surface area contributed by atoms with E-state index in [2.05, 4.69) is 0 Å². The number of aromatic hydroxyl groups is 1. The zero-order valence-electron chi connectivity index (χ0n) is 7.96. The van der Waals surface area contributed by atoms with E-state index in [0.717, 1.165) is 0 Å². The number of carbonyl (C=O) groups is 1. The highest BCUT2D eigenvalue weighted by Gasteiger charge is 2.32. The standard InChI is InChI=1S/C10H11NO4/c12-6-7-5-11(10(14)15-7)8-3-1-2-4-9(8)13/h1-4,7,12-13H,5-6H2/t7-/m1/s1. The number of hydrogen-bond acceptors (Lipinski definition) is 4. The molecule has 1 heterocycles. The molecule has 5 nitrogen and oxygen atoms in total. The van der Waals surface area contributed by atoms with E-state index in [1.807, 2.05) is 0 Å². The van der Waals surface area contributed by atoms with Crippen LogP contribution in [0.3, 0.4) is 0 Å². The number of para-hydroxylation sites is 2. The molecule has 15 heavy (non-hydrogen) atoms. The Morgan fingerprint density at radius 2 is 2.20 bits per heavy atom. The van der Waals surface area contributed by atoms with Gasteiger partial charge in [0, 0.05) is 0 Å². The molecule has 1 saturated heterocycles. The number of rotatable bonds is 2. The van der Waals surface area contributed by atoms with Crippen LogP contribution in [0.1, 0.15) is 0 Å². The number of carbonyl (C=O) groups excluding carboxylic acids is 1. The third-order valence-electron chi connectivity index (χ3n) is 2.25. The van der Waals surface area contributed by atoms with Gasteiger partial charge < -0.3 is 14.9 Å². The predicted octanol–water partition coefficient (Wildman–Crippen LogP) is 0.710. The van der Waals surface area contributed by atoms with Crippen molar-refractivity contribution in [2.45, 2.75) is 6.10 Å². The highest BCUT2D eigenvalue weighted by molar-refractivity contribution is 5.91. The van der Waals surface area contributed by atoms with Gasteiger partial charge in [-0.3, -0.25) is 4.90 Å². The molecule has 0 unspecified atom stereocenters. The van der Waals surface area contributed by atoms with E-state index >= 15 is 0 Å². The number of benzene rings is 1. The molecular weight excluding hydrogens is 198 g/mol. The van der Waals surface area contributed by atoms with Crippen molar-refractivity contribution in [1.29, 1.82) is 0 Å². The van der Waals surface area contributed by atoms with Gasteiger partial charge in [0.1, 0.15) is 11.9 Å². The molecule has 0 saturated carbocycles. The van der Waals surface area contributed by atoms with E-state index < -0.39 is 12.2 Å². The van der Waals surface area contributed by atoms with Gasteiger partial charge in [-0.05, 0) is 12.1 Å². The van der Waals surface area contributed by atoms with Crippen molar-refractivity contribution in [3.63, 3.8) is 0 Å². The maximum atomic E-state index is 11.4. The first-order chi connectivity index (χ1) is 7.22. The topological polar surface area (TPSA) is 70.0 Å². The summed E-state index contributed by atoms with van der Waals surface area (Å²) < 4.78 is 4.86. The Hall–Kier alpha value is -1.75. The van der Waals surface area contributed by atoms with Crippen LogP contribution in [0.15, 0.2) is 24.3 Å². The molecule has 0 aliphatic carbocycles. The fourth-order valence-corrected chi connectivity index (χ4v) is 1.51. The van der Waals surface area contributed by atoms with Crippen LogP contribution in [0.4, 0.5) is 10.5 Å². The van der Waals surface area contributed by atoms with Gasteiger partial charge in [-0.15, -0.1) is 0 Å². The lowest BCUT2D eigenvalue weighted by Gasteiger charge is -2.13. The number of amides is 1. The van der Waals surface area contributed by atoms with Crippen molar-refractivity contribution in [1.82, 2.24) is 0 Å². The highest BCUT2D eigenvalue weighted by Crippen LogP contribution is 2.29. The summed E-state index contributed by atoms with van der Waals surface area (Å²) >= 11 is 0. The lowest BCUT2D eigenvalue weighted by atomic mass is 10.2. The van der Waals surface area contributed by atoms with Crippen LogP contribution in [0.5, 0.6) is 5.75 Å². The molecule has 0 spiro atoms. The molecule has 1 atom stereocenters. The molecule has 1 fully saturated rings. The maximum Gasteiger partial charge on any atom is 0.414 e. The number of ether oxygens (including phenoxy) is 1. The molecule has 5 heteroatoms. The maximum absolute atomic E-state index is 11.4. The molecule has 1 aromatic carbocycles. The average Bonchev–Trinajstić information content (AvgIpc) is 2.60. The van der Waals surface area contributed by atoms with Gasteiger partial charge in [0.15, 0.2) is 0 Å². The summed E-state index contributed by atoms with van der Waals surface area (Å²) in [6.45, 7) is 0.0444. The number of phenols is 1. The molecule has 0 radical (unpaired) electrons. The number of aliphatic hydroxyl groups is 1. The van der Waals surface area contributed by atoms with Crippen LogP contribution >= 0.6 is 0 Å². The molecule has 1 aliphatic heterocycles. The fraction of sp³-hybridized carbons (Fsp3) is 0.300. The first-order valence-electron chi connectivity index (χ1n) is 4.59. The molecule has 2 N–H and O–H groups in total. The largest absolute Gasteiger partial charge is 0.506 e. The number of nitrogens with zero attached hydrogens (tertiary/aromatic N) is 1. The minimum Gasteiger partial charge on any atom is -0.506 e. The third-order valence-corrected chi connectivity index (χ3v) is 2.25. The van der Waals surface area contributed by atoms with Gasteiger partial charge in [0.2, 0.25) is 0 Å².